The maximum atomic E-state index is 13.2. The highest BCUT2D eigenvalue weighted by Crippen LogP contribution is 2.43. The van der Waals surface area contributed by atoms with Crippen LogP contribution in [0.2, 0.25) is 0 Å². The van der Waals surface area contributed by atoms with Crippen LogP contribution in [0.25, 0.3) is 0 Å². The van der Waals surface area contributed by atoms with Gasteiger partial charge >= 0.3 is 6.18 Å². The van der Waals surface area contributed by atoms with Crippen molar-refractivity contribution in [3.8, 4) is 17.2 Å². The van der Waals surface area contributed by atoms with E-state index in [2.05, 4.69) is 5.32 Å². The number of nitrogens with zero attached hydrogens (tertiary/aromatic N) is 1. The lowest BCUT2D eigenvalue weighted by Crippen LogP contribution is -2.47. The molecular formula is C19H19F3N2O4. The minimum Gasteiger partial charge on any atom is -0.493 e. The second-order valence-corrected chi connectivity index (χ2v) is 6.10. The van der Waals surface area contributed by atoms with Crippen molar-refractivity contribution in [3.63, 3.8) is 0 Å². The number of hydrogen-bond donors (Lipinski definition) is 1. The Labute approximate surface area is 159 Å². The molecule has 2 aromatic carbocycles. The summed E-state index contributed by atoms with van der Waals surface area (Å²) in [6.07, 6.45) is -5.64. The maximum absolute atomic E-state index is 13.2. The van der Waals surface area contributed by atoms with Crippen molar-refractivity contribution in [2.75, 3.05) is 33.2 Å². The van der Waals surface area contributed by atoms with Crippen LogP contribution in [0.15, 0.2) is 36.4 Å². The Balaban J connectivity index is 2.13. The average Bonchev–Trinajstić information content (AvgIpc) is 2.67. The second-order valence-electron chi connectivity index (χ2n) is 6.10. The lowest BCUT2D eigenvalue weighted by atomic mass is 10.0. The van der Waals surface area contributed by atoms with Crippen LogP contribution in [0.3, 0.4) is 0 Å². The molecule has 1 aliphatic heterocycles. The summed E-state index contributed by atoms with van der Waals surface area (Å²) in [6, 6.07) is 9.46. The predicted octanol–water partition coefficient (Wildman–Crippen LogP) is 3.84. The van der Waals surface area contributed by atoms with E-state index < -0.39 is 24.8 Å². The van der Waals surface area contributed by atoms with Gasteiger partial charge in [-0.2, -0.15) is 13.2 Å². The van der Waals surface area contributed by atoms with Gasteiger partial charge in [-0.3, -0.25) is 4.79 Å². The zero-order valence-corrected chi connectivity index (χ0v) is 15.5. The normalized spacial score (nSPS) is 16.3. The number of anilines is 1. The molecule has 0 radical (unpaired) electrons. The van der Waals surface area contributed by atoms with Gasteiger partial charge in [0.25, 0.3) is 5.91 Å². The van der Waals surface area contributed by atoms with Crippen molar-refractivity contribution in [2.45, 2.75) is 12.3 Å². The SMILES string of the molecule is COc1cc([C@H]2Nc3ccccc3C(=O)N2CC(F)(F)F)cc(OC)c1OC. The van der Waals surface area contributed by atoms with Crippen LogP contribution in [0.4, 0.5) is 18.9 Å². The van der Waals surface area contributed by atoms with Gasteiger partial charge in [-0.1, -0.05) is 12.1 Å². The van der Waals surface area contributed by atoms with Crippen LogP contribution in [-0.4, -0.2) is 44.9 Å². The molecule has 0 bridgehead atoms. The van der Waals surface area contributed by atoms with E-state index in [-0.39, 0.29) is 17.1 Å². The van der Waals surface area contributed by atoms with Crippen LogP contribution in [0.1, 0.15) is 22.1 Å². The molecule has 1 aliphatic rings. The first-order valence-corrected chi connectivity index (χ1v) is 8.32. The highest BCUT2D eigenvalue weighted by Gasteiger charge is 2.41. The molecule has 28 heavy (non-hydrogen) atoms. The Morgan fingerprint density at radius 2 is 1.64 bits per heavy atom. The number of nitrogens with one attached hydrogen (secondary N) is 1. The van der Waals surface area contributed by atoms with Crippen molar-refractivity contribution in [2.24, 2.45) is 0 Å². The van der Waals surface area contributed by atoms with Crippen LogP contribution in [-0.2, 0) is 0 Å². The van der Waals surface area contributed by atoms with Crippen molar-refractivity contribution in [3.05, 3.63) is 47.5 Å². The summed E-state index contributed by atoms with van der Waals surface area (Å²) in [6.45, 7) is -1.41. The van der Waals surface area contributed by atoms with Gasteiger partial charge in [-0.05, 0) is 24.3 Å². The largest absolute Gasteiger partial charge is 0.493 e. The minimum absolute atomic E-state index is 0.176. The molecule has 2 aromatic rings. The Kier molecular flexibility index (Phi) is 5.26. The highest BCUT2D eigenvalue weighted by atomic mass is 19.4. The number of fused-ring (bicyclic) bond motifs is 1. The third-order valence-electron chi connectivity index (χ3n) is 4.37. The Morgan fingerprint density at radius 1 is 1.04 bits per heavy atom. The van der Waals surface area contributed by atoms with E-state index in [1.165, 1.54) is 39.5 Å². The molecular weight excluding hydrogens is 377 g/mol. The van der Waals surface area contributed by atoms with Crippen LogP contribution in [0, 0.1) is 0 Å². The number of carbonyl (C=O) groups excluding carboxylic acids is 1. The number of benzene rings is 2. The number of rotatable bonds is 5. The van der Waals surface area contributed by atoms with E-state index in [4.69, 9.17) is 14.2 Å². The maximum Gasteiger partial charge on any atom is 0.406 e. The Hall–Kier alpha value is -3.10. The third kappa shape index (κ3) is 3.64. The van der Waals surface area contributed by atoms with Crippen LogP contribution in [0.5, 0.6) is 17.2 Å². The molecule has 1 atom stereocenters. The molecule has 0 saturated heterocycles. The average molecular weight is 396 g/mol. The van der Waals surface area contributed by atoms with Crippen molar-refractivity contribution < 1.29 is 32.2 Å². The lowest BCUT2D eigenvalue weighted by molar-refractivity contribution is -0.144. The molecule has 0 unspecified atom stereocenters. The first-order valence-electron chi connectivity index (χ1n) is 8.32. The Bertz CT molecular complexity index is 861. The molecule has 1 N–H and O–H groups in total. The van der Waals surface area contributed by atoms with E-state index in [9.17, 15) is 18.0 Å². The molecule has 0 aromatic heterocycles. The van der Waals surface area contributed by atoms with Crippen molar-refractivity contribution >= 4 is 11.6 Å². The molecule has 1 heterocycles. The van der Waals surface area contributed by atoms with Gasteiger partial charge in [-0.25, -0.2) is 0 Å². The first-order chi connectivity index (χ1) is 13.3. The summed E-state index contributed by atoms with van der Waals surface area (Å²) < 4.78 is 55.4. The number of halogens is 3. The summed E-state index contributed by atoms with van der Waals surface area (Å²) >= 11 is 0. The van der Waals surface area contributed by atoms with E-state index in [0.717, 1.165) is 4.90 Å². The Morgan fingerprint density at radius 3 is 2.18 bits per heavy atom. The van der Waals surface area contributed by atoms with Gasteiger partial charge in [0.05, 0.1) is 26.9 Å². The van der Waals surface area contributed by atoms with E-state index in [0.29, 0.717) is 17.0 Å². The topological polar surface area (TPSA) is 60.0 Å². The van der Waals surface area contributed by atoms with Gasteiger partial charge in [0.1, 0.15) is 12.7 Å². The zero-order valence-electron chi connectivity index (χ0n) is 15.5. The predicted molar refractivity (Wildman–Crippen MR) is 96.0 cm³/mol. The lowest BCUT2D eigenvalue weighted by Gasteiger charge is -2.38. The number of hydrogen-bond acceptors (Lipinski definition) is 5. The van der Waals surface area contributed by atoms with Gasteiger partial charge in [0, 0.05) is 11.3 Å². The number of methoxy groups -OCH3 is 3. The molecule has 0 fully saturated rings. The standard InChI is InChI=1S/C19H19F3N2O4/c1-26-14-8-11(9-15(27-2)16(14)28-3)17-23-13-7-5-4-6-12(13)18(25)24(17)10-19(20,21)22/h4-9,17,23H,10H2,1-3H3/t17-/m0/s1. The number of alkyl halides is 3. The molecule has 0 spiro atoms. The van der Waals surface area contributed by atoms with E-state index in [1.807, 2.05) is 0 Å². The zero-order chi connectivity index (χ0) is 20.5. The molecule has 3 rings (SSSR count). The molecule has 6 nitrogen and oxygen atoms in total. The summed E-state index contributed by atoms with van der Waals surface area (Å²) in [5, 5.41) is 3.01. The summed E-state index contributed by atoms with van der Waals surface area (Å²) in [4.78, 5) is 13.5. The number of amides is 1. The van der Waals surface area contributed by atoms with Crippen molar-refractivity contribution in [1.29, 1.82) is 0 Å². The summed E-state index contributed by atoms with van der Waals surface area (Å²) in [7, 11) is 4.24. The molecule has 0 aliphatic carbocycles. The smallest absolute Gasteiger partial charge is 0.406 e. The molecule has 0 saturated carbocycles. The van der Waals surface area contributed by atoms with Crippen LogP contribution >= 0.6 is 0 Å². The fourth-order valence-electron chi connectivity index (χ4n) is 3.17. The van der Waals surface area contributed by atoms with Gasteiger partial charge in [-0.15, -0.1) is 0 Å². The quantitative estimate of drug-likeness (QED) is 0.832. The fourth-order valence-corrected chi connectivity index (χ4v) is 3.17. The highest BCUT2D eigenvalue weighted by molar-refractivity contribution is 6.01. The minimum atomic E-state index is -4.57. The molecule has 1 amide bonds. The number of ether oxygens (including phenoxy) is 3. The second kappa shape index (κ2) is 7.49. The van der Waals surface area contributed by atoms with Crippen molar-refractivity contribution in [1.82, 2.24) is 4.90 Å². The summed E-state index contributed by atoms with van der Waals surface area (Å²) in [5.41, 5.74) is 0.988. The van der Waals surface area contributed by atoms with Gasteiger partial charge in [0.15, 0.2) is 11.5 Å². The number of para-hydroxylation sites is 1. The molecule has 9 heteroatoms. The van der Waals surface area contributed by atoms with E-state index in [1.54, 1.807) is 18.2 Å². The summed E-state index contributed by atoms with van der Waals surface area (Å²) in [5.74, 6) is 0.137. The van der Waals surface area contributed by atoms with Gasteiger partial charge < -0.3 is 24.4 Å². The van der Waals surface area contributed by atoms with Crippen LogP contribution < -0.4 is 19.5 Å². The fraction of sp³-hybridized carbons (Fsp3) is 0.316. The monoisotopic (exact) mass is 396 g/mol. The van der Waals surface area contributed by atoms with E-state index >= 15 is 0 Å². The first kappa shape index (κ1) is 19.7. The van der Waals surface area contributed by atoms with Gasteiger partial charge in [0.2, 0.25) is 5.75 Å². The number of carbonyl (C=O) groups is 1. The third-order valence-corrected chi connectivity index (χ3v) is 4.37. The molecule has 150 valence electrons.